The molecule has 2 rings (SSSR count). The molecule has 0 bridgehead atoms. The van der Waals surface area contributed by atoms with Crippen LogP contribution in [-0.2, 0) is 20.9 Å². The first-order chi connectivity index (χ1) is 13.5. The summed E-state index contributed by atoms with van der Waals surface area (Å²) >= 11 is 0. The third-order valence-electron chi connectivity index (χ3n) is 4.37. The Bertz CT molecular complexity index is 705. The van der Waals surface area contributed by atoms with Gasteiger partial charge in [-0.2, -0.15) is 0 Å². The third-order valence-corrected chi connectivity index (χ3v) is 4.37. The highest BCUT2D eigenvalue weighted by molar-refractivity contribution is 5.83. The molecule has 1 atom stereocenters. The minimum Gasteiger partial charge on any atom is -0.444 e. The Morgan fingerprint density at radius 1 is 1.28 bits per heavy atom. The second-order valence-electron chi connectivity index (χ2n) is 8.57. The Balaban J connectivity index is 2.11. The maximum absolute atomic E-state index is 13.4. The van der Waals surface area contributed by atoms with Crippen LogP contribution in [0.25, 0.3) is 0 Å². The summed E-state index contributed by atoms with van der Waals surface area (Å²) in [5, 5.41) is 0. The number of hydrogen-bond acceptors (Lipinski definition) is 5. The number of carbonyl (C=O) groups excluding carboxylic acids is 2. The number of rotatable bonds is 6. The maximum atomic E-state index is 13.4. The molecule has 1 heterocycles. The number of halogens is 1. The van der Waals surface area contributed by atoms with Gasteiger partial charge in [-0.15, -0.1) is 0 Å². The number of ether oxygens (including phenoxy) is 2. The van der Waals surface area contributed by atoms with E-state index in [4.69, 9.17) is 9.47 Å². The first-order valence-corrected chi connectivity index (χ1v) is 9.80. The number of likely N-dealkylation sites (N-methyl/N-ethyl adjacent to an activating group) is 1. The zero-order chi connectivity index (χ0) is 21.6. The molecule has 0 radical (unpaired) electrons. The normalized spacial score (nSPS) is 18.2. The molecular weight excluding hydrogens is 377 g/mol. The van der Waals surface area contributed by atoms with Crippen LogP contribution in [0, 0.1) is 5.82 Å². The molecule has 29 heavy (non-hydrogen) atoms. The van der Waals surface area contributed by atoms with Gasteiger partial charge in [0.2, 0.25) is 5.91 Å². The summed E-state index contributed by atoms with van der Waals surface area (Å²) in [5.74, 6) is -0.473. The average molecular weight is 410 g/mol. The van der Waals surface area contributed by atoms with Crippen molar-refractivity contribution in [2.24, 2.45) is 0 Å². The zero-order valence-corrected chi connectivity index (χ0v) is 18.0. The smallest absolute Gasteiger partial charge is 0.410 e. The summed E-state index contributed by atoms with van der Waals surface area (Å²) in [7, 11) is 3.88. The van der Waals surface area contributed by atoms with Crippen molar-refractivity contribution in [3.63, 3.8) is 0 Å². The molecule has 1 aromatic rings. The van der Waals surface area contributed by atoms with Gasteiger partial charge in [0.25, 0.3) is 0 Å². The van der Waals surface area contributed by atoms with Gasteiger partial charge in [-0.1, -0.05) is 12.1 Å². The predicted molar refractivity (Wildman–Crippen MR) is 108 cm³/mol. The predicted octanol–water partition coefficient (Wildman–Crippen LogP) is 2.35. The van der Waals surface area contributed by atoms with Gasteiger partial charge in [-0.05, 0) is 52.6 Å². The molecule has 1 saturated heterocycles. The van der Waals surface area contributed by atoms with E-state index in [0.29, 0.717) is 25.2 Å². The van der Waals surface area contributed by atoms with E-state index in [1.54, 1.807) is 37.8 Å². The van der Waals surface area contributed by atoms with Crippen LogP contribution >= 0.6 is 0 Å². The van der Waals surface area contributed by atoms with Gasteiger partial charge in [0.1, 0.15) is 18.0 Å². The van der Waals surface area contributed by atoms with Crippen LogP contribution in [0.15, 0.2) is 24.3 Å². The molecule has 1 fully saturated rings. The quantitative estimate of drug-likeness (QED) is 0.722. The fraction of sp³-hybridized carbons (Fsp3) is 0.619. The maximum Gasteiger partial charge on any atom is 0.410 e. The molecule has 1 unspecified atom stereocenters. The molecule has 162 valence electrons. The van der Waals surface area contributed by atoms with Gasteiger partial charge >= 0.3 is 6.09 Å². The van der Waals surface area contributed by atoms with E-state index >= 15 is 0 Å². The number of carbonyl (C=O) groups is 2. The molecule has 0 spiro atoms. The van der Waals surface area contributed by atoms with Crippen molar-refractivity contribution in [3.05, 3.63) is 35.6 Å². The molecule has 0 aliphatic carbocycles. The molecular formula is C21H32FN3O4. The monoisotopic (exact) mass is 409 g/mol. The second kappa shape index (κ2) is 10.0. The van der Waals surface area contributed by atoms with Gasteiger partial charge in [-0.3, -0.25) is 9.69 Å². The number of benzene rings is 1. The summed E-state index contributed by atoms with van der Waals surface area (Å²) in [6.45, 7) is 7.32. The van der Waals surface area contributed by atoms with Gasteiger partial charge in [0.15, 0.2) is 0 Å². The largest absolute Gasteiger partial charge is 0.444 e. The van der Waals surface area contributed by atoms with E-state index in [1.807, 2.05) is 19.0 Å². The van der Waals surface area contributed by atoms with Gasteiger partial charge < -0.3 is 19.3 Å². The van der Waals surface area contributed by atoms with E-state index in [0.717, 1.165) is 0 Å². The number of nitrogens with zero attached hydrogens (tertiary/aromatic N) is 3. The topological polar surface area (TPSA) is 62.3 Å². The van der Waals surface area contributed by atoms with Crippen LogP contribution in [0.3, 0.4) is 0 Å². The van der Waals surface area contributed by atoms with Gasteiger partial charge in [0, 0.05) is 19.6 Å². The molecule has 0 aromatic heterocycles. The Kier molecular flexibility index (Phi) is 7.98. The highest BCUT2D eigenvalue weighted by Crippen LogP contribution is 2.16. The summed E-state index contributed by atoms with van der Waals surface area (Å²) in [4.78, 5) is 30.4. The van der Waals surface area contributed by atoms with Crippen LogP contribution < -0.4 is 0 Å². The SMILES string of the molecule is CN(C)CCN1CC(OCc2cccc(F)c2)CN(C(=O)OC(C)(C)C)CC1=O. The lowest BCUT2D eigenvalue weighted by molar-refractivity contribution is -0.132. The molecule has 1 aliphatic rings. The van der Waals surface area contributed by atoms with E-state index < -0.39 is 17.8 Å². The highest BCUT2D eigenvalue weighted by atomic mass is 19.1. The molecule has 7 nitrogen and oxygen atoms in total. The van der Waals surface area contributed by atoms with Crippen molar-refractivity contribution in [1.82, 2.24) is 14.7 Å². The number of hydrogen-bond donors (Lipinski definition) is 0. The standard InChI is InChI=1S/C21H32FN3O4/c1-21(2,3)29-20(27)25-13-18(28-15-16-7-6-8-17(22)11-16)12-24(19(26)14-25)10-9-23(4)5/h6-8,11,18H,9-10,12-15H2,1-5H3. The summed E-state index contributed by atoms with van der Waals surface area (Å²) in [6, 6.07) is 6.19. The van der Waals surface area contributed by atoms with Crippen LogP contribution in [-0.4, -0.2) is 85.2 Å². The minimum atomic E-state index is -0.658. The Labute approximate surface area is 172 Å². The second-order valence-corrected chi connectivity index (χ2v) is 8.57. The van der Waals surface area contributed by atoms with E-state index in [2.05, 4.69) is 0 Å². The van der Waals surface area contributed by atoms with Gasteiger partial charge in [0.05, 0.1) is 19.3 Å². The van der Waals surface area contributed by atoms with Crippen LogP contribution in [0.2, 0.25) is 0 Å². The minimum absolute atomic E-state index is 0.0534. The lowest BCUT2D eigenvalue weighted by atomic mass is 10.2. The van der Waals surface area contributed by atoms with Crippen LogP contribution in [0.4, 0.5) is 9.18 Å². The van der Waals surface area contributed by atoms with Crippen LogP contribution in [0.1, 0.15) is 26.3 Å². The fourth-order valence-electron chi connectivity index (χ4n) is 2.93. The molecule has 2 amide bonds. The van der Waals surface area contributed by atoms with Gasteiger partial charge in [-0.25, -0.2) is 9.18 Å². The average Bonchev–Trinajstić information content (AvgIpc) is 2.76. The Morgan fingerprint density at radius 2 is 2.00 bits per heavy atom. The lowest BCUT2D eigenvalue weighted by Crippen LogP contribution is -2.43. The zero-order valence-electron chi connectivity index (χ0n) is 18.0. The van der Waals surface area contributed by atoms with Crippen molar-refractivity contribution in [2.75, 3.05) is 46.8 Å². The number of amides is 2. The van der Waals surface area contributed by atoms with Crippen molar-refractivity contribution in [1.29, 1.82) is 0 Å². The summed E-state index contributed by atoms with van der Waals surface area (Å²) in [5.41, 5.74) is 0.0406. The molecule has 0 N–H and O–H groups in total. The Morgan fingerprint density at radius 3 is 2.62 bits per heavy atom. The van der Waals surface area contributed by atoms with Crippen molar-refractivity contribution in [2.45, 2.75) is 39.1 Å². The van der Waals surface area contributed by atoms with Crippen molar-refractivity contribution in [3.8, 4) is 0 Å². The first kappa shape index (κ1) is 23.1. The molecule has 8 heteroatoms. The fourth-order valence-corrected chi connectivity index (χ4v) is 2.93. The van der Waals surface area contributed by atoms with E-state index in [9.17, 15) is 14.0 Å². The lowest BCUT2D eigenvalue weighted by Gasteiger charge is -2.27. The highest BCUT2D eigenvalue weighted by Gasteiger charge is 2.33. The summed E-state index contributed by atoms with van der Waals surface area (Å²) in [6.07, 6.45) is -0.945. The molecule has 1 aromatic carbocycles. The Hall–Kier alpha value is -2.19. The molecule has 0 saturated carbocycles. The summed E-state index contributed by atoms with van der Waals surface area (Å²) < 4.78 is 24.9. The van der Waals surface area contributed by atoms with E-state index in [1.165, 1.54) is 17.0 Å². The van der Waals surface area contributed by atoms with Crippen molar-refractivity contribution >= 4 is 12.0 Å². The van der Waals surface area contributed by atoms with Crippen LogP contribution in [0.5, 0.6) is 0 Å². The van der Waals surface area contributed by atoms with Crippen molar-refractivity contribution < 1.29 is 23.5 Å². The third kappa shape index (κ3) is 7.98. The van der Waals surface area contributed by atoms with E-state index in [-0.39, 0.29) is 31.4 Å². The first-order valence-electron chi connectivity index (χ1n) is 9.80. The molecule has 1 aliphatic heterocycles.